The number of rotatable bonds is 1. The predicted molar refractivity (Wildman–Crippen MR) is 58.4 cm³/mol. The molecule has 0 aliphatic heterocycles. The predicted octanol–water partition coefficient (Wildman–Crippen LogP) is 1.08. The number of benzene rings is 1. The Hall–Kier alpha value is -0.870. The molecule has 4 heteroatoms. The highest BCUT2D eigenvalue weighted by Crippen LogP contribution is 2.34. The van der Waals surface area contributed by atoms with Crippen LogP contribution in [0.5, 0.6) is 0 Å². The fourth-order valence-electron chi connectivity index (χ4n) is 2.15. The Morgan fingerprint density at radius 3 is 2.67 bits per heavy atom. The van der Waals surface area contributed by atoms with Crippen LogP contribution in [0.2, 0.25) is 0 Å². The lowest BCUT2D eigenvalue weighted by molar-refractivity contribution is 0.156. The normalized spacial score (nSPS) is 26.0. The van der Waals surface area contributed by atoms with Gasteiger partial charge in [-0.1, -0.05) is 24.3 Å². The minimum atomic E-state index is -3.13. The van der Waals surface area contributed by atoms with Gasteiger partial charge in [-0.25, -0.2) is 8.42 Å². The van der Waals surface area contributed by atoms with Gasteiger partial charge in [-0.3, -0.25) is 0 Å². The van der Waals surface area contributed by atoms with Gasteiger partial charge >= 0.3 is 0 Å². The number of hydrogen-bond donors (Lipinski definition) is 1. The second-order valence-corrected chi connectivity index (χ2v) is 6.34. The Morgan fingerprint density at radius 1 is 1.33 bits per heavy atom. The van der Waals surface area contributed by atoms with E-state index >= 15 is 0 Å². The van der Waals surface area contributed by atoms with Gasteiger partial charge in [0.25, 0.3) is 0 Å². The Kier molecular flexibility index (Phi) is 2.56. The number of sulfone groups is 1. The fourth-order valence-corrected chi connectivity index (χ4v) is 3.41. The minimum absolute atomic E-state index is 0.315. The molecular weight excluding hydrogens is 212 g/mol. The first-order chi connectivity index (χ1) is 6.98. The average Bonchev–Trinajstić information content (AvgIpc) is 2.15. The molecule has 0 aromatic heterocycles. The average molecular weight is 226 g/mol. The van der Waals surface area contributed by atoms with Crippen molar-refractivity contribution in [3.63, 3.8) is 0 Å². The van der Waals surface area contributed by atoms with Crippen molar-refractivity contribution in [2.24, 2.45) is 0 Å². The lowest BCUT2D eigenvalue weighted by Crippen LogP contribution is -2.26. The molecule has 0 fully saturated rings. The molecule has 1 unspecified atom stereocenters. The van der Waals surface area contributed by atoms with Crippen molar-refractivity contribution in [1.82, 2.24) is 0 Å². The van der Waals surface area contributed by atoms with Gasteiger partial charge in [0.1, 0.15) is 0 Å². The van der Waals surface area contributed by atoms with Crippen LogP contribution >= 0.6 is 0 Å². The molecule has 82 valence electrons. The lowest BCUT2D eigenvalue weighted by Gasteiger charge is -2.27. The third-order valence-electron chi connectivity index (χ3n) is 2.86. The van der Waals surface area contributed by atoms with Gasteiger partial charge in [0.15, 0.2) is 9.84 Å². The first-order valence-electron chi connectivity index (χ1n) is 4.93. The standard InChI is InChI=1S/C11H14O3S/c1-15(13,14)11-7-9(12)6-8-4-2-3-5-10(8)11/h2-5,9,11-12H,6-7H2,1H3/t9-,11?/m1/s1. The maximum Gasteiger partial charge on any atom is 0.154 e. The highest BCUT2D eigenvalue weighted by atomic mass is 32.2. The van der Waals surface area contributed by atoms with E-state index in [0.29, 0.717) is 12.8 Å². The molecule has 1 N–H and O–H groups in total. The van der Waals surface area contributed by atoms with E-state index in [1.165, 1.54) is 6.26 Å². The number of aliphatic hydroxyl groups excluding tert-OH is 1. The van der Waals surface area contributed by atoms with E-state index in [4.69, 9.17) is 0 Å². The van der Waals surface area contributed by atoms with E-state index in [2.05, 4.69) is 0 Å². The first kappa shape index (κ1) is 10.6. The van der Waals surface area contributed by atoms with Crippen molar-refractivity contribution >= 4 is 9.84 Å². The Bertz CT molecular complexity index is 464. The third-order valence-corrected chi connectivity index (χ3v) is 4.34. The quantitative estimate of drug-likeness (QED) is 0.779. The second kappa shape index (κ2) is 3.61. The van der Waals surface area contributed by atoms with Gasteiger partial charge in [0, 0.05) is 6.26 Å². The highest BCUT2D eigenvalue weighted by Gasteiger charge is 2.31. The lowest BCUT2D eigenvalue weighted by atomic mass is 9.89. The summed E-state index contributed by atoms with van der Waals surface area (Å²) in [5.41, 5.74) is 1.80. The summed E-state index contributed by atoms with van der Waals surface area (Å²) in [6.45, 7) is 0. The van der Waals surface area contributed by atoms with Gasteiger partial charge in [-0.05, 0) is 24.0 Å². The molecule has 2 rings (SSSR count). The van der Waals surface area contributed by atoms with E-state index in [-0.39, 0.29) is 0 Å². The van der Waals surface area contributed by atoms with Gasteiger partial charge in [0.05, 0.1) is 11.4 Å². The molecule has 1 aromatic rings. The van der Waals surface area contributed by atoms with Crippen LogP contribution in [0.3, 0.4) is 0 Å². The maximum atomic E-state index is 11.6. The van der Waals surface area contributed by atoms with Crippen molar-refractivity contribution in [3.8, 4) is 0 Å². The molecule has 0 bridgehead atoms. The topological polar surface area (TPSA) is 54.4 Å². The molecule has 3 nitrogen and oxygen atoms in total. The van der Waals surface area contributed by atoms with Crippen molar-refractivity contribution in [2.45, 2.75) is 24.2 Å². The molecule has 0 saturated carbocycles. The zero-order chi connectivity index (χ0) is 11.1. The molecule has 0 amide bonds. The number of hydrogen-bond acceptors (Lipinski definition) is 3. The van der Waals surface area contributed by atoms with Gasteiger partial charge in [0.2, 0.25) is 0 Å². The van der Waals surface area contributed by atoms with Crippen LogP contribution in [0.15, 0.2) is 24.3 Å². The Morgan fingerprint density at radius 2 is 2.00 bits per heavy atom. The van der Waals surface area contributed by atoms with Crippen molar-refractivity contribution in [1.29, 1.82) is 0 Å². The Labute approximate surface area is 89.7 Å². The van der Waals surface area contributed by atoms with Gasteiger partial charge in [-0.2, -0.15) is 0 Å². The fraction of sp³-hybridized carbons (Fsp3) is 0.455. The van der Waals surface area contributed by atoms with Crippen LogP contribution in [0.1, 0.15) is 22.8 Å². The first-order valence-corrected chi connectivity index (χ1v) is 6.88. The van der Waals surface area contributed by atoms with Crippen LogP contribution in [-0.4, -0.2) is 25.9 Å². The van der Waals surface area contributed by atoms with Crippen LogP contribution in [-0.2, 0) is 16.3 Å². The molecule has 1 aliphatic carbocycles. The molecular formula is C11H14O3S. The van der Waals surface area contributed by atoms with E-state index in [1.54, 1.807) is 0 Å². The van der Waals surface area contributed by atoms with E-state index in [1.807, 2.05) is 24.3 Å². The number of aliphatic hydroxyl groups is 1. The zero-order valence-corrected chi connectivity index (χ0v) is 9.37. The maximum absolute atomic E-state index is 11.6. The molecule has 0 spiro atoms. The van der Waals surface area contributed by atoms with Crippen molar-refractivity contribution in [3.05, 3.63) is 35.4 Å². The smallest absolute Gasteiger partial charge is 0.154 e. The van der Waals surface area contributed by atoms with Crippen LogP contribution in [0.25, 0.3) is 0 Å². The van der Waals surface area contributed by atoms with Crippen molar-refractivity contribution in [2.75, 3.05) is 6.26 Å². The summed E-state index contributed by atoms with van der Waals surface area (Å²) in [6, 6.07) is 7.44. The van der Waals surface area contributed by atoms with Gasteiger partial charge < -0.3 is 5.11 Å². The van der Waals surface area contributed by atoms with E-state index in [0.717, 1.165) is 11.1 Å². The number of fused-ring (bicyclic) bond motifs is 1. The van der Waals surface area contributed by atoms with E-state index in [9.17, 15) is 13.5 Å². The third kappa shape index (κ3) is 2.06. The molecule has 0 radical (unpaired) electrons. The molecule has 1 aliphatic rings. The summed E-state index contributed by atoms with van der Waals surface area (Å²) in [5.74, 6) is 0. The largest absolute Gasteiger partial charge is 0.393 e. The molecule has 1 aromatic carbocycles. The summed E-state index contributed by atoms with van der Waals surface area (Å²) in [4.78, 5) is 0. The summed E-state index contributed by atoms with van der Waals surface area (Å²) in [5, 5.41) is 9.08. The zero-order valence-electron chi connectivity index (χ0n) is 8.55. The Balaban J connectivity index is 2.52. The van der Waals surface area contributed by atoms with Gasteiger partial charge in [-0.15, -0.1) is 0 Å². The molecule has 0 heterocycles. The molecule has 2 atom stereocenters. The van der Waals surface area contributed by atoms with E-state index < -0.39 is 21.2 Å². The molecule has 15 heavy (non-hydrogen) atoms. The second-order valence-electron chi connectivity index (χ2n) is 4.11. The van der Waals surface area contributed by atoms with Crippen LogP contribution < -0.4 is 0 Å². The SMILES string of the molecule is CS(=O)(=O)C1C[C@H](O)Cc2ccccc21. The monoisotopic (exact) mass is 226 g/mol. The van der Waals surface area contributed by atoms with Crippen LogP contribution in [0.4, 0.5) is 0 Å². The summed E-state index contributed by atoms with van der Waals surface area (Å²) in [7, 11) is -3.13. The van der Waals surface area contributed by atoms with Crippen LogP contribution in [0, 0.1) is 0 Å². The molecule has 0 saturated heterocycles. The highest BCUT2D eigenvalue weighted by molar-refractivity contribution is 7.90. The summed E-state index contributed by atoms with van der Waals surface area (Å²) in [6.07, 6.45) is 1.56. The summed E-state index contributed by atoms with van der Waals surface area (Å²) >= 11 is 0. The van der Waals surface area contributed by atoms with Crippen molar-refractivity contribution < 1.29 is 13.5 Å². The minimum Gasteiger partial charge on any atom is -0.393 e. The summed E-state index contributed by atoms with van der Waals surface area (Å²) < 4.78 is 23.2.